The molecule has 0 saturated heterocycles. The SMILES string of the molecule is CC(=O)Nc1ccc(Sc2ncccc2C(=O)Nc2cc(Cl)cc(Cl)c2)cn1. The first-order valence-electron chi connectivity index (χ1n) is 8.04. The van der Waals surface area contributed by atoms with Crippen LogP contribution in [0.3, 0.4) is 0 Å². The van der Waals surface area contributed by atoms with Gasteiger partial charge < -0.3 is 10.6 Å². The van der Waals surface area contributed by atoms with Gasteiger partial charge in [-0.3, -0.25) is 9.59 Å². The van der Waals surface area contributed by atoms with E-state index in [-0.39, 0.29) is 11.8 Å². The van der Waals surface area contributed by atoms with Gasteiger partial charge in [0.25, 0.3) is 5.91 Å². The van der Waals surface area contributed by atoms with E-state index in [0.29, 0.717) is 32.1 Å². The second kappa shape index (κ2) is 9.05. The van der Waals surface area contributed by atoms with Crippen molar-refractivity contribution in [2.75, 3.05) is 10.6 Å². The summed E-state index contributed by atoms with van der Waals surface area (Å²) in [6, 6.07) is 11.6. The molecule has 0 spiro atoms. The van der Waals surface area contributed by atoms with Crippen LogP contribution in [0.1, 0.15) is 17.3 Å². The zero-order valence-electron chi connectivity index (χ0n) is 14.6. The number of anilines is 2. The molecule has 9 heteroatoms. The van der Waals surface area contributed by atoms with E-state index in [1.807, 2.05) is 0 Å². The summed E-state index contributed by atoms with van der Waals surface area (Å²) in [5, 5.41) is 6.74. The zero-order valence-corrected chi connectivity index (χ0v) is 16.9. The molecule has 1 aromatic carbocycles. The average Bonchev–Trinajstić information content (AvgIpc) is 2.62. The van der Waals surface area contributed by atoms with Crippen molar-refractivity contribution in [3.63, 3.8) is 0 Å². The molecule has 2 amide bonds. The first-order valence-corrected chi connectivity index (χ1v) is 9.62. The number of carbonyl (C=O) groups is 2. The van der Waals surface area contributed by atoms with Crippen LogP contribution in [0.5, 0.6) is 0 Å². The molecule has 6 nitrogen and oxygen atoms in total. The standard InChI is InChI=1S/C19H14Cl2N4O2S/c1-11(26)24-17-5-4-15(10-23-17)28-19-16(3-2-6-22-19)18(27)25-14-8-12(20)7-13(21)9-14/h2-10H,1H3,(H,25,27)(H,23,24,26). The Kier molecular flexibility index (Phi) is 6.51. The molecule has 3 rings (SSSR count). The Morgan fingerprint density at radius 3 is 2.39 bits per heavy atom. The molecule has 0 aliphatic rings. The van der Waals surface area contributed by atoms with Crippen LogP contribution in [0.4, 0.5) is 11.5 Å². The van der Waals surface area contributed by atoms with Crippen molar-refractivity contribution in [3.05, 3.63) is 70.5 Å². The van der Waals surface area contributed by atoms with Gasteiger partial charge in [-0.15, -0.1) is 0 Å². The molecule has 2 aromatic heterocycles. The molecule has 142 valence electrons. The summed E-state index contributed by atoms with van der Waals surface area (Å²) in [5.74, 6) is -0.0804. The van der Waals surface area contributed by atoms with E-state index in [0.717, 1.165) is 4.90 Å². The molecule has 0 unspecified atom stereocenters. The summed E-state index contributed by atoms with van der Waals surface area (Å²) in [5.41, 5.74) is 0.887. The fraction of sp³-hybridized carbons (Fsp3) is 0.0526. The van der Waals surface area contributed by atoms with Crippen molar-refractivity contribution < 1.29 is 9.59 Å². The molecule has 0 fully saturated rings. The van der Waals surface area contributed by atoms with Gasteiger partial charge in [-0.2, -0.15) is 0 Å². The fourth-order valence-corrected chi connectivity index (χ4v) is 3.65. The Labute approximate surface area is 175 Å². The van der Waals surface area contributed by atoms with Crippen molar-refractivity contribution in [1.82, 2.24) is 9.97 Å². The molecule has 0 atom stereocenters. The van der Waals surface area contributed by atoms with E-state index in [1.165, 1.54) is 18.7 Å². The van der Waals surface area contributed by atoms with E-state index < -0.39 is 0 Å². The van der Waals surface area contributed by atoms with Gasteiger partial charge in [0.1, 0.15) is 10.8 Å². The van der Waals surface area contributed by atoms with Crippen molar-refractivity contribution in [2.45, 2.75) is 16.8 Å². The smallest absolute Gasteiger partial charge is 0.258 e. The zero-order chi connectivity index (χ0) is 20.1. The number of halogens is 2. The summed E-state index contributed by atoms with van der Waals surface area (Å²) in [6.45, 7) is 1.41. The van der Waals surface area contributed by atoms with Crippen LogP contribution in [0.25, 0.3) is 0 Å². The minimum Gasteiger partial charge on any atom is -0.322 e. The highest BCUT2D eigenvalue weighted by atomic mass is 35.5. The highest BCUT2D eigenvalue weighted by Crippen LogP contribution is 2.29. The molecule has 3 aromatic rings. The van der Waals surface area contributed by atoms with Crippen LogP contribution >= 0.6 is 35.0 Å². The van der Waals surface area contributed by atoms with Crippen LogP contribution in [0.2, 0.25) is 10.0 Å². The van der Waals surface area contributed by atoms with Crippen molar-refractivity contribution >= 4 is 58.3 Å². The minimum atomic E-state index is -0.336. The third-order valence-corrected chi connectivity index (χ3v) is 4.82. The second-order valence-electron chi connectivity index (χ2n) is 5.63. The Bertz CT molecular complexity index is 1010. The molecule has 2 N–H and O–H groups in total. The van der Waals surface area contributed by atoms with Crippen LogP contribution < -0.4 is 10.6 Å². The Morgan fingerprint density at radius 2 is 1.75 bits per heavy atom. The maximum absolute atomic E-state index is 12.7. The number of carbonyl (C=O) groups excluding carboxylic acids is 2. The highest BCUT2D eigenvalue weighted by molar-refractivity contribution is 7.99. The number of nitrogens with one attached hydrogen (secondary N) is 2. The van der Waals surface area contributed by atoms with Gasteiger partial charge in [0.15, 0.2) is 0 Å². The van der Waals surface area contributed by atoms with Gasteiger partial charge in [0, 0.05) is 39.9 Å². The number of aromatic nitrogens is 2. The predicted octanol–water partition coefficient (Wildman–Crippen LogP) is 5.15. The average molecular weight is 433 g/mol. The molecule has 0 aliphatic carbocycles. The van der Waals surface area contributed by atoms with Gasteiger partial charge in [0.05, 0.1) is 5.56 Å². The van der Waals surface area contributed by atoms with Gasteiger partial charge >= 0.3 is 0 Å². The monoisotopic (exact) mass is 432 g/mol. The van der Waals surface area contributed by atoms with E-state index in [9.17, 15) is 9.59 Å². The summed E-state index contributed by atoms with van der Waals surface area (Å²) in [4.78, 5) is 33.0. The largest absolute Gasteiger partial charge is 0.322 e. The Morgan fingerprint density at radius 1 is 1.00 bits per heavy atom. The lowest BCUT2D eigenvalue weighted by atomic mass is 10.2. The number of nitrogens with zero attached hydrogens (tertiary/aromatic N) is 2. The van der Waals surface area contributed by atoms with E-state index in [2.05, 4.69) is 20.6 Å². The first-order chi connectivity index (χ1) is 13.4. The number of pyridine rings is 2. The van der Waals surface area contributed by atoms with Crippen LogP contribution in [0, 0.1) is 0 Å². The van der Waals surface area contributed by atoms with Crippen molar-refractivity contribution in [1.29, 1.82) is 0 Å². The van der Waals surface area contributed by atoms with E-state index >= 15 is 0 Å². The first kappa shape index (κ1) is 20.1. The maximum atomic E-state index is 12.7. The Balaban J connectivity index is 1.78. The number of amides is 2. The summed E-state index contributed by atoms with van der Waals surface area (Å²) in [7, 11) is 0. The quantitative estimate of drug-likeness (QED) is 0.582. The number of benzene rings is 1. The summed E-state index contributed by atoms with van der Waals surface area (Å²) in [6.07, 6.45) is 3.21. The minimum absolute atomic E-state index is 0.197. The van der Waals surface area contributed by atoms with Gasteiger partial charge in [-0.25, -0.2) is 9.97 Å². The summed E-state index contributed by atoms with van der Waals surface area (Å²) >= 11 is 13.2. The number of hydrogen-bond donors (Lipinski definition) is 2. The third kappa shape index (κ3) is 5.45. The van der Waals surface area contributed by atoms with E-state index in [1.54, 1.807) is 54.9 Å². The van der Waals surface area contributed by atoms with Gasteiger partial charge in [-0.1, -0.05) is 35.0 Å². The molecular formula is C19H14Cl2N4O2S. The van der Waals surface area contributed by atoms with Gasteiger partial charge in [0.2, 0.25) is 5.91 Å². The van der Waals surface area contributed by atoms with Crippen LogP contribution in [0.15, 0.2) is 64.8 Å². The highest BCUT2D eigenvalue weighted by Gasteiger charge is 2.14. The fourth-order valence-electron chi connectivity index (χ4n) is 2.28. The van der Waals surface area contributed by atoms with E-state index in [4.69, 9.17) is 23.2 Å². The molecule has 0 saturated carbocycles. The molecule has 28 heavy (non-hydrogen) atoms. The normalized spacial score (nSPS) is 10.4. The van der Waals surface area contributed by atoms with Gasteiger partial charge in [-0.05, 0) is 42.5 Å². The van der Waals surface area contributed by atoms with Crippen molar-refractivity contribution in [3.8, 4) is 0 Å². The maximum Gasteiger partial charge on any atom is 0.258 e. The Hall–Kier alpha value is -2.61. The molecule has 0 aliphatic heterocycles. The van der Waals surface area contributed by atoms with Crippen molar-refractivity contribution in [2.24, 2.45) is 0 Å². The lowest BCUT2D eigenvalue weighted by Crippen LogP contribution is -2.13. The third-order valence-electron chi connectivity index (χ3n) is 3.39. The molecule has 0 radical (unpaired) electrons. The summed E-state index contributed by atoms with van der Waals surface area (Å²) < 4.78 is 0. The molecule has 2 heterocycles. The molecule has 0 bridgehead atoms. The van der Waals surface area contributed by atoms with Crippen LogP contribution in [-0.2, 0) is 4.79 Å². The predicted molar refractivity (Wildman–Crippen MR) is 111 cm³/mol. The number of hydrogen-bond acceptors (Lipinski definition) is 5. The topological polar surface area (TPSA) is 84.0 Å². The number of rotatable bonds is 5. The van der Waals surface area contributed by atoms with Crippen LogP contribution in [-0.4, -0.2) is 21.8 Å². The second-order valence-corrected chi connectivity index (χ2v) is 7.57. The molecular weight excluding hydrogens is 419 g/mol. The lowest BCUT2D eigenvalue weighted by molar-refractivity contribution is -0.114. The lowest BCUT2D eigenvalue weighted by Gasteiger charge is -2.10.